The minimum Gasteiger partial charge on any atom is -0.326 e. The van der Waals surface area contributed by atoms with E-state index >= 15 is 0 Å². The highest BCUT2D eigenvalue weighted by Gasteiger charge is 2.24. The van der Waals surface area contributed by atoms with Gasteiger partial charge in [0.1, 0.15) is 5.82 Å². The van der Waals surface area contributed by atoms with Crippen LogP contribution in [0.25, 0.3) is 0 Å². The first kappa shape index (κ1) is 15.4. The highest BCUT2D eigenvalue weighted by atomic mass is 19.1. The van der Waals surface area contributed by atoms with Crippen LogP contribution in [-0.4, -0.2) is 42.5 Å². The number of hydrogen-bond donors (Lipinski definition) is 1. The topological polar surface area (TPSA) is 32.5 Å². The van der Waals surface area contributed by atoms with E-state index < -0.39 is 0 Å². The van der Waals surface area contributed by atoms with Gasteiger partial charge < -0.3 is 10.6 Å². The van der Waals surface area contributed by atoms with Gasteiger partial charge in [-0.15, -0.1) is 0 Å². The van der Waals surface area contributed by atoms with Gasteiger partial charge in [-0.3, -0.25) is 4.90 Å². The molecule has 0 aliphatic carbocycles. The fourth-order valence-electron chi connectivity index (χ4n) is 3.08. The third-order valence-corrected chi connectivity index (χ3v) is 4.22. The van der Waals surface area contributed by atoms with Crippen LogP contribution < -0.4 is 5.73 Å². The van der Waals surface area contributed by atoms with Gasteiger partial charge in [0, 0.05) is 31.2 Å². The van der Waals surface area contributed by atoms with E-state index in [9.17, 15) is 4.39 Å². The first-order chi connectivity index (χ1) is 9.63. The molecule has 1 aromatic carbocycles. The molecule has 3 nitrogen and oxygen atoms in total. The zero-order chi connectivity index (χ0) is 14.5. The van der Waals surface area contributed by atoms with Crippen molar-refractivity contribution < 1.29 is 4.39 Å². The van der Waals surface area contributed by atoms with Crippen molar-refractivity contribution >= 4 is 0 Å². The van der Waals surface area contributed by atoms with Gasteiger partial charge in [0.05, 0.1) is 0 Å². The lowest BCUT2D eigenvalue weighted by Crippen LogP contribution is -2.38. The smallest absolute Gasteiger partial charge is 0.128 e. The minimum absolute atomic E-state index is 0.140. The Labute approximate surface area is 121 Å². The lowest BCUT2D eigenvalue weighted by Gasteiger charge is -2.27. The molecule has 4 heteroatoms. The van der Waals surface area contributed by atoms with Crippen LogP contribution in [0.4, 0.5) is 4.39 Å². The maximum atomic E-state index is 14.0. The van der Waals surface area contributed by atoms with Crippen LogP contribution in [0.2, 0.25) is 0 Å². The SMILES string of the molecule is CCN1CCCC1CN(C)Cc1ccc(CN)cc1F. The second kappa shape index (κ2) is 7.16. The Morgan fingerprint density at radius 3 is 2.90 bits per heavy atom. The number of hydrogen-bond acceptors (Lipinski definition) is 3. The van der Waals surface area contributed by atoms with E-state index in [2.05, 4.69) is 23.8 Å². The summed E-state index contributed by atoms with van der Waals surface area (Å²) >= 11 is 0. The van der Waals surface area contributed by atoms with Crippen molar-refractivity contribution in [3.8, 4) is 0 Å². The molecule has 1 fully saturated rings. The van der Waals surface area contributed by atoms with E-state index in [-0.39, 0.29) is 5.82 Å². The Morgan fingerprint density at radius 1 is 1.45 bits per heavy atom. The summed E-state index contributed by atoms with van der Waals surface area (Å²) in [6.45, 7) is 6.58. The van der Waals surface area contributed by atoms with Gasteiger partial charge in [-0.2, -0.15) is 0 Å². The summed E-state index contributed by atoms with van der Waals surface area (Å²) in [6.07, 6.45) is 2.54. The van der Waals surface area contributed by atoms with Crippen LogP contribution in [0.3, 0.4) is 0 Å². The van der Waals surface area contributed by atoms with E-state index in [1.54, 1.807) is 6.07 Å². The Hall–Kier alpha value is -0.970. The summed E-state index contributed by atoms with van der Waals surface area (Å²) in [5.41, 5.74) is 7.13. The van der Waals surface area contributed by atoms with Gasteiger partial charge in [-0.25, -0.2) is 4.39 Å². The van der Waals surface area contributed by atoms with Crippen LogP contribution in [0.15, 0.2) is 18.2 Å². The summed E-state index contributed by atoms with van der Waals surface area (Å²) in [5, 5.41) is 0. The van der Waals surface area contributed by atoms with Crippen LogP contribution in [0, 0.1) is 5.82 Å². The number of nitrogens with zero attached hydrogens (tertiary/aromatic N) is 2. The molecular formula is C16H26FN3. The van der Waals surface area contributed by atoms with E-state index in [1.165, 1.54) is 19.4 Å². The first-order valence-corrected chi connectivity index (χ1v) is 7.54. The molecule has 0 spiro atoms. The van der Waals surface area contributed by atoms with E-state index in [0.29, 0.717) is 19.1 Å². The maximum Gasteiger partial charge on any atom is 0.128 e. The van der Waals surface area contributed by atoms with Crippen molar-refractivity contribution in [1.29, 1.82) is 0 Å². The van der Waals surface area contributed by atoms with Gasteiger partial charge in [-0.05, 0) is 44.6 Å². The number of benzene rings is 1. The Bertz CT molecular complexity index is 436. The highest BCUT2D eigenvalue weighted by Crippen LogP contribution is 2.19. The molecule has 2 rings (SSSR count). The summed E-state index contributed by atoms with van der Waals surface area (Å²) < 4.78 is 14.0. The van der Waals surface area contributed by atoms with Crippen LogP contribution in [-0.2, 0) is 13.1 Å². The highest BCUT2D eigenvalue weighted by molar-refractivity contribution is 5.24. The third kappa shape index (κ3) is 3.78. The van der Waals surface area contributed by atoms with Crippen molar-refractivity contribution in [3.63, 3.8) is 0 Å². The number of likely N-dealkylation sites (N-methyl/N-ethyl adjacent to an activating group) is 2. The molecule has 1 heterocycles. The molecule has 1 atom stereocenters. The van der Waals surface area contributed by atoms with Crippen molar-refractivity contribution in [2.45, 2.75) is 38.9 Å². The minimum atomic E-state index is -0.140. The molecule has 2 N–H and O–H groups in total. The Kier molecular flexibility index (Phi) is 5.52. The van der Waals surface area contributed by atoms with E-state index in [0.717, 1.165) is 24.2 Å². The van der Waals surface area contributed by atoms with Crippen molar-refractivity contribution in [2.24, 2.45) is 5.73 Å². The standard InChI is InChI=1S/C16H26FN3/c1-3-20-8-4-5-15(20)12-19(2)11-14-7-6-13(10-18)9-16(14)17/h6-7,9,15H,3-5,8,10-12,18H2,1-2H3. The van der Waals surface area contributed by atoms with Gasteiger partial charge in [0.15, 0.2) is 0 Å². The Morgan fingerprint density at radius 2 is 2.25 bits per heavy atom. The molecule has 1 unspecified atom stereocenters. The number of halogens is 1. The van der Waals surface area contributed by atoms with Crippen molar-refractivity contribution in [1.82, 2.24) is 9.80 Å². The largest absolute Gasteiger partial charge is 0.326 e. The average molecular weight is 279 g/mol. The molecule has 1 saturated heterocycles. The first-order valence-electron chi connectivity index (χ1n) is 7.54. The molecule has 1 aliphatic rings. The molecule has 1 aromatic rings. The molecule has 0 aromatic heterocycles. The normalized spacial score (nSPS) is 19.9. The summed E-state index contributed by atoms with van der Waals surface area (Å²) in [7, 11) is 2.07. The predicted octanol–water partition coefficient (Wildman–Crippen LogP) is 2.20. The van der Waals surface area contributed by atoms with E-state index in [4.69, 9.17) is 5.73 Å². The van der Waals surface area contributed by atoms with Gasteiger partial charge in [-0.1, -0.05) is 19.1 Å². The second-order valence-electron chi connectivity index (χ2n) is 5.75. The van der Waals surface area contributed by atoms with Crippen molar-refractivity contribution in [2.75, 3.05) is 26.7 Å². The quantitative estimate of drug-likeness (QED) is 0.866. The maximum absolute atomic E-state index is 14.0. The molecule has 0 radical (unpaired) electrons. The molecule has 0 amide bonds. The lowest BCUT2D eigenvalue weighted by molar-refractivity contribution is 0.193. The number of nitrogens with two attached hydrogens (primary N) is 1. The summed E-state index contributed by atoms with van der Waals surface area (Å²) in [4.78, 5) is 4.74. The fraction of sp³-hybridized carbons (Fsp3) is 0.625. The van der Waals surface area contributed by atoms with Gasteiger partial charge in [0.25, 0.3) is 0 Å². The zero-order valence-electron chi connectivity index (χ0n) is 12.6. The molecule has 1 aliphatic heterocycles. The second-order valence-corrected chi connectivity index (χ2v) is 5.75. The predicted molar refractivity (Wildman–Crippen MR) is 80.9 cm³/mol. The van der Waals surface area contributed by atoms with Gasteiger partial charge >= 0.3 is 0 Å². The van der Waals surface area contributed by atoms with E-state index in [1.807, 2.05) is 12.1 Å². The molecule has 20 heavy (non-hydrogen) atoms. The molecular weight excluding hydrogens is 253 g/mol. The molecule has 0 saturated carbocycles. The monoisotopic (exact) mass is 279 g/mol. The van der Waals surface area contributed by atoms with Crippen LogP contribution >= 0.6 is 0 Å². The summed E-state index contributed by atoms with van der Waals surface area (Å²) in [5.74, 6) is -0.140. The lowest BCUT2D eigenvalue weighted by atomic mass is 10.1. The average Bonchev–Trinajstić information content (AvgIpc) is 2.88. The molecule has 112 valence electrons. The van der Waals surface area contributed by atoms with Crippen LogP contribution in [0.5, 0.6) is 0 Å². The Balaban J connectivity index is 1.92. The third-order valence-electron chi connectivity index (χ3n) is 4.22. The zero-order valence-corrected chi connectivity index (χ0v) is 12.6. The fourth-order valence-corrected chi connectivity index (χ4v) is 3.08. The number of rotatable bonds is 6. The number of likely N-dealkylation sites (tertiary alicyclic amines) is 1. The molecule has 0 bridgehead atoms. The van der Waals surface area contributed by atoms with Crippen LogP contribution in [0.1, 0.15) is 30.9 Å². The summed E-state index contributed by atoms with van der Waals surface area (Å²) in [6, 6.07) is 5.95. The van der Waals surface area contributed by atoms with Gasteiger partial charge in [0.2, 0.25) is 0 Å². The van der Waals surface area contributed by atoms with Crippen molar-refractivity contribution in [3.05, 3.63) is 35.1 Å².